The summed E-state index contributed by atoms with van der Waals surface area (Å²) in [5.74, 6) is -4.38. The van der Waals surface area contributed by atoms with E-state index in [1.807, 2.05) is 0 Å². The van der Waals surface area contributed by atoms with Gasteiger partial charge in [-0.1, -0.05) is 19.9 Å². The second kappa shape index (κ2) is 12.0. The van der Waals surface area contributed by atoms with Gasteiger partial charge in [0.25, 0.3) is 0 Å². The first-order valence-electron chi connectivity index (χ1n) is 8.68. The van der Waals surface area contributed by atoms with Crippen molar-refractivity contribution < 1.29 is 52.4 Å². The molecule has 1 atom stereocenters. The number of aliphatic hydroxyl groups excluding tert-OH is 2. The first kappa shape index (κ1) is 28.0. The summed E-state index contributed by atoms with van der Waals surface area (Å²) in [6.07, 6.45) is -4.71. The summed E-state index contributed by atoms with van der Waals surface area (Å²) >= 11 is 0. The zero-order chi connectivity index (χ0) is 24.4. The van der Waals surface area contributed by atoms with E-state index >= 15 is 0 Å². The van der Waals surface area contributed by atoms with Gasteiger partial charge < -0.3 is 25.7 Å². The Morgan fingerprint density at radius 2 is 1.74 bits per heavy atom. The number of carbonyl (C=O) groups excluding carboxylic acids is 1. The number of hydrogen-bond acceptors (Lipinski definition) is 5. The summed E-state index contributed by atoms with van der Waals surface area (Å²) in [4.78, 5) is 31.6. The first-order valence-corrected chi connectivity index (χ1v) is 8.68. The summed E-state index contributed by atoms with van der Waals surface area (Å²) in [6, 6.07) is 2.25. The van der Waals surface area contributed by atoms with Crippen molar-refractivity contribution in [2.75, 3.05) is 13.2 Å². The van der Waals surface area contributed by atoms with Crippen molar-refractivity contribution in [1.29, 1.82) is 0 Å². The van der Waals surface area contributed by atoms with E-state index in [-0.39, 0.29) is 25.1 Å². The topological polar surface area (TPSA) is 144 Å². The fourth-order valence-corrected chi connectivity index (χ4v) is 1.86. The lowest BCUT2D eigenvalue weighted by molar-refractivity contribution is -0.140. The number of alkyl halides is 3. The summed E-state index contributed by atoms with van der Waals surface area (Å²) in [5, 5.41) is 37.3. The van der Waals surface area contributed by atoms with E-state index in [1.54, 1.807) is 0 Å². The minimum absolute atomic E-state index is 0.0314. The second-order valence-corrected chi connectivity index (χ2v) is 6.89. The van der Waals surface area contributed by atoms with E-state index in [4.69, 9.17) is 15.3 Å². The monoisotopic (exact) mass is 453 g/mol. The van der Waals surface area contributed by atoms with Crippen LogP contribution in [0.25, 0.3) is 6.08 Å². The molecule has 5 N–H and O–H groups in total. The number of hydrogen-bond donors (Lipinski definition) is 5. The molecule has 0 unspecified atom stereocenters. The maximum Gasteiger partial charge on any atom is 0.419 e. The Bertz CT molecular complexity index is 807. The normalized spacial score (nSPS) is 12.6. The molecule has 12 heteroatoms. The Hall–Kier alpha value is -2.99. The van der Waals surface area contributed by atoms with Crippen LogP contribution in [0.5, 0.6) is 0 Å². The van der Waals surface area contributed by atoms with E-state index in [0.717, 1.165) is 12.1 Å². The number of carbonyl (C=O) groups is 3. The molecule has 1 rings (SSSR count). The molecule has 1 aromatic carbocycles. The average molecular weight is 453 g/mol. The second-order valence-electron chi connectivity index (χ2n) is 6.89. The van der Waals surface area contributed by atoms with Crippen molar-refractivity contribution in [3.8, 4) is 0 Å². The zero-order valence-corrected chi connectivity index (χ0v) is 16.6. The lowest BCUT2D eigenvalue weighted by Gasteiger charge is -2.26. The molecule has 0 aliphatic carbocycles. The van der Waals surface area contributed by atoms with Gasteiger partial charge >= 0.3 is 18.1 Å². The Kier molecular flexibility index (Phi) is 10.8. The molecule has 0 saturated carbocycles. The van der Waals surface area contributed by atoms with Crippen LogP contribution in [0.2, 0.25) is 0 Å². The molecule has 31 heavy (non-hydrogen) atoms. The van der Waals surface area contributed by atoms with Crippen LogP contribution in [0.1, 0.15) is 31.4 Å². The number of halogens is 4. The number of benzene rings is 1. The van der Waals surface area contributed by atoms with Crippen molar-refractivity contribution in [2.45, 2.75) is 32.5 Å². The van der Waals surface area contributed by atoms with Crippen LogP contribution in [0, 0.1) is 11.2 Å². The lowest BCUT2D eigenvalue weighted by atomic mass is 9.87. The maximum absolute atomic E-state index is 12.8. The van der Waals surface area contributed by atoms with Gasteiger partial charge in [0.1, 0.15) is 11.9 Å². The van der Waals surface area contributed by atoms with Crippen LogP contribution in [-0.4, -0.2) is 57.5 Å². The molecule has 0 bridgehead atoms. The van der Waals surface area contributed by atoms with E-state index in [1.165, 1.54) is 13.8 Å². The Balaban J connectivity index is 0.000000582. The smallest absolute Gasteiger partial charge is 0.419 e. The lowest BCUT2D eigenvalue weighted by Crippen LogP contribution is -2.45. The highest BCUT2D eigenvalue weighted by molar-refractivity contribution is 5.85. The van der Waals surface area contributed by atoms with Gasteiger partial charge in [-0.15, -0.1) is 0 Å². The quantitative estimate of drug-likeness (QED) is 0.299. The Morgan fingerprint density at radius 3 is 2.19 bits per heavy atom. The summed E-state index contributed by atoms with van der Waals surface area (Å²) < 4.78 is 49.5. The van der Waals surface area contributed by atoms with Crippen LogP contribution < -0.4 is 5.32 Å². The van der Waals surface area contributed by atoms with Crippen LogP contribution in [0.4, 0.5) is 17.6 Å². The Labute approximate surface area is 174 Å². The van der Waals surface area contributed by atoms with Gasteiger partial charge in [0, 0.05) is 18.0 Å². The zero-order valence-electron chi connectivity index (χ0n) is 16.6. The minimum atomic E-state index is -4.79. The molecule has 0 saturated heterocycles. The predicted octanol–water partition coefficient (Wildman–Crippen LogP) is 1.90. The number of carboxylic acids is 2. The van der Waals surface area contributed by atoms with E-state index in [9.17, 15) is 37.1 Å². The average Bonchev–Trinajstić information content (AvgIpc) is 2.65. The number of nitrogens with one attached hydrogen (secondary N) is 1. The number of rotatable bonds is 8. The molecule has 0 aromatic heterocycles. The van der Waals surface area contributed by atoms with E-state index < -0.39 is 46.9 Å². The van der Waals surface area contributed by atoms with E-state index in [0.29, 0.717) is 18.2 Å². The minimum Gasteiger partial charge on any atom is -0.481 e. The number of amides is 1. The van der Waals surface area contributed by atoms with Gasteiger partial charge in [-0.05, 0) is 23.8 Å². The molecule has 8 nitrogen and oxygen atoms in total. The number of carboxylic acid groups (broad SMARTS) is 2. The van der Waals surface area contributed by atoms with Crippen molar-refractivity contribution in [2.24, 2.45) is 5.41 Å². The predicted molar refractivity (Wildman–Crippen MR) is 100 cm³/mol. The van der Waals surface area contributed by atoms with Gasteiger partial charge in [0.15, 0.2) is 0 Å². The summed E-state index contributed by atoms with van der Waals surface area (Å²) in [7, 11) is 0. The highest BCUT2D eigenvalue weighted by atomic mass is 19.4. The molecule has 1 aromatic rings. The van der Waals surface area contributed by atoms with Crippen molar-refractivity contribution in [3.05, 3.63) is 41.2 Å². The van der Waals surface area contributed by atoms with Gasteiger partial charge in [-0.25, -0.2) is 9.18 Å². The van der Waals surface area contributed by atoms with Crippen molar-refractivity contribution >= 4 is 23.9 Å². The highest BCUT2D eigenvalue weighted by Crippen LogP contribution is 2.32. The molecule has 0 spiro atoms. The maximum atomic E-state index is 12.8. The SMILES string of the molecule is CC(C)(CO)[C@@H](O)C(=O)NCCC(=O)O.O=C(O)/C=C/c1ccc(F)c(C(F)(F)F)c1. The van der Waals surface area contributed by atoms with Crippen LogP contribution in [0.15, 0.2) is 24.3 Å². The third-order valence-electron chi connectivity index (χ3n) is 3.75. The molecule has 0 aliphatic rings. The fourth-order valence-electron chi connectivity index (χ4n) is 1.86. The van der Waals surface area contributed by atoms with Crippen LogP contribution in [0.3, 0.4) is 0 Å². The van der Waals surface area contributed by atoms with Gasteiger partial charge in [-0.3, -0.25) is 9.59 Å². The summed E-state index contributed by atoms with van der Waals surface area (Å²) in [6.45, 7) is 2.70. The van der Waals surface area contributed by atoms with Crippen molar-refractivity contribution in [3.63, 3.8) is 0 Å². The molecule has 0 aliphatic heterocycles. The molecule has 1 amide bonds. The van der Waals surface area contributed by atoms with Crippen LogP contribution >= 0.6 is 0 Å². The molecule has 0 heterocycles. The summed E-state index contributed by atoms with van der Waals surface area (Å²) in [5.41, 5.74) is -2.39. The van der Waals surface area contributed by atoms with Gasteiger partial charge in [0.2, 0.25) is 5.91 Å². The fraction of sp³-hybridized carbons (Fsp3) is 0.421. The molecule has 174 valence electrons. The third kappa shape index (κ3) is 10.6. The van der Waals surface area contributed by atoms with Gasteiger partial charge in [-0.2, -0.15) is 13.2 Å². The third-order valence-corrected chi connectivity index (χ3v) is 3.75. The standard InChI is InChI=1S/C10H6F4O2.C9H17NO5/c11-8-3-1-6(2-4-9(15)16)5-7(8)10(12,13)14;1-9(2,5-11)7(14)8(15)10-4-3-6(12)13/h1-5H,(H,15,16);7,11,14H,3-5H2,1-2H3,(H,10,15)(H,12,13)/b4-2+;/t;7-/m.0/s1. The molecule has 0 fully saturated rings. The molecular formula is C19H23F4NO7. The number of aliphatic hydroxyl groups is 2. The largest absolute Gasteiger partial charge is 0.481 e. The number of aliphatic carboxylic acids is 2. The van der Waals surface area contributed by atoms with E-state index in [2.05, 4.69) is 5.32 Å². The molecule has 0 radical (unpaired) electrons. The Morgan fingerprint density at radius 1 is 1.16 bits per heavy atom. The molecular weight excluding hydrogens is 430 g/mol. The van der Waals surface area contributed by atoms with Crippen LogP contribution in [-0.2, 0) is 20.6 Å². The van der Waals surface area contributed by atoms with Crippen molar-refractivity contribution in [1.82, 2.24) is 5.32 Å². The first-order chi connectivity index (χ1) is 14.1. The highest BCUT2D eigenvalue weighted by Gasteiger charge is 2.34. The van der Waals surface area contributed by atoms with Gasteiger partial charge in [0.05, 0.1) is 18.6 Å².